The van der Waals surface area contributed by atoms with Gasteiger partial charge in [0.15, 0.2) is 4.45 Å². The number of aliphatic carboxylic acids is 1. The molecule has 0 radical (unpaired) electrons. The summed E-state index contributed by atoms with van der Waals surface area (Å²) in [7, 11) is -27.2. The molecule has 0 spiro atoms. The number of alkyl halides is 2. The Kier molecular flexibility index (Phi) is 59.9. The van der Waals surface area contributed by atoms with Crippen LogP contribution in [0.4, 0.5) is 9.59 Å². The third-order valence-electron chi connectivity index (χ3n) is 14.0. The molecule has 0 saturated carbocycles. The fourth-order valence-electron chi connectivity index (χ4n) is 8.90. The van der Waals surface area contributed by atoms with E-state index in [1.807, 2.05) is 44.2 Å². The Bertz CT molecular complexity index is 5200. The van der Waals surface area contributed by atoms with E-state index >= 15 is 0 Å². The average Bonchev–Trinajstić information content (AvgIpc) is 0.787. The van der Waals surface area contributed by atoms with Crippen LogP contribution in [0.5, 0.6) is 0 Å². The van der Waals surface area contributed by atoms with Gasteiger partial charge in [-0.1, -0.05) is 166 Å². The number of aryl methyl sites for hydroxylation is 2. The number of nitrogens with one attached hydrogen (secondary N) is 2. The monoisotopic (exact) mass is 2120 g/mol. The van der Waals surface area contributed by atoms with Crippen molar-refractivity contribution in [1.82, 2.24) is 10.6 Å². The van der Waals surface area contributed by atoms with Gasteiger partial charge in [0.05, 0.1) is 82.3 Å². The molecule has 0 aliphatic rings. The molecule has 6 aromatic carbocycles. The molecule has 0 aromatic heterocycles. The molecular weight excluding hydrogens is 2000 g/mol. The quantitative estimate of drug-likeness (QED) is 0.00245. The number of halogens is 4. The van der Waals surface area contributed by atoms with Gasteiger partial charge in [-0.15, -0.1) is 0 Å². The van der Waals surface area contributed by atoms with Crippen LogP contribution in [0.25, 0.3) is 0 Å². The Labute approximate surface area is 811 Å². The van der Waals surface area contributed by atoms with E-state index in [2.05, 4.69) is 10.6 Å². The molecule has 0 aliphatic heterocycles. The third-order valence-corrected chi connectivity index (χ3v) is 31.0. The number of esters is 3. The van der Waals surface area contributed by atoms with Gasteiger partial charge in [-0.25, -0.2) is 43.3 Å². The molecule has 6 aromatic rings. The molecule has 8 N–H and O–H groups in total. The Morgan fingerprint density at radius 1 is 0.448 bits per heavy atom. The Balaban J connectivity index is -0.00000151. The van der Waals surface area contributed by atoms with E-state index in [4.69, 9.17) is 119 Å². The number of rotatable bonds is 31. The topological polar surface area (TPSA) is 561 Å². The van der Waals surface area contributed by atoms with Gasteiger partial charge in [0, 0.05) is 17.9 Å². The van der Waals surface area contributed by atoms with Crippen molar-refractivity contribution in [2.24, 2.45) is 5.73 Å². The number of hydrogen-bond acceptors (Lipinski definition) is 33. The van der Waals surface area contributed by atoms with Crippen LogP contribution < -0.4 is 16.4 Å². The van der Waals surface area contributed by atoms with Crippen molar-refractivity contribution in [3.63, 3.8) is 0 Å². The molecule has 36 nitrogen and oxygen atoms in total. The molecule has 5 atom stereocenters. The largest absolute Gasteiger partial charge is 0.744 e. The SMILES string of the molecule is CC(=O)O.CC(C)(C)OC(=O)C[C@@H](/C=C(\Cl)S(=O)(=O)c1ccccc1)NC(=O)OC(C)(C)C.CC(C)(C)OC(=O)C[C@@H](C=O)NC(=O)OC(C)(C)C.CC(C)(C)OC(=O)C[C@H](N)/C=C(\Cl)S(=O)(=O)c1ccccc1.CCOP(=O)(OCC)C(Cl)S(=O)(=O)c1ccccc1.CCOP(=O)(OCC)C(Cl)Sc1ccccc1.Cc1ccc(S(=O)(=O)O)cc1.Cc1ccc(S(=O)(=O)[O-])cc1.OO. The number of carbonyl (C=O) groups is 7. The maximum Gasteiger partial charge on any atom is 0.408 e. The first kappa shape index (κ1) is 130. The number of thioether (sulfide) groups is 1. The summed E-state index contributed by atoms with van der Waals surface area (Å²) in [6, 6.07) is 41.4. The Hall–Kier alpha value is -7.75. The number of carboxylic acid groups (broad SMARTS) is 1. The van der Waals surface area contributed by atoms with E-state index in [0.717, 1.165) is 35.1 Å². The van der Waals surface area contributed by atoms with Gasteiger partial charge in [0.25, 0.3) is 16.1 Å². The normalized spacial score (nSPS) is 13.2. The van der Waals surface area contributed by atoms with Crippen molar-refractivity contribution in [3.8, 4) is 0 Å². The van der Waals surface area contributed by atoms with E-state index in [0.29, 0.717) is 19.5 Å². The molecule has 0 saturated heterocycles. The van der Waals surface area contributed by atoms with Gasteiger partial charge < -0.3 is 72.6 Å². The molecule has 6 rings (SSSR count). The lowest BCUT2D eigenvalue weighted by molar-refractivity contribution is -0.176. The first-order valence-electron chi connectivity index (χ1n) is 40.0. The second kappa shape index (κ2) is 61.5. The first-order chi connectivity index (χ1) is 61.3. The van der Waals surface area contributed by atoms with E-state index in [9.17, 15) is 84.5 Å². The number of ether oxygens (including phenoxy) is 5. The van der Waals surface area contributed by atoms with Crippen molar-refractivity contribution >= 4 is 165 Å². The number of amides is 2. The second-order valence-corrected chi connectivity index (χ2v) is 50.0. The highest BCUT2D eigenvalue weighted by Gasteiger charge is 2.45. The summed E-state index contributed by atoms with van der Waals surface area (Å²) in [6.07, 6.45) is 0.464. The number of benzene rings is 6. The number of aldehydes is 1. The predicted molar refractivity (Wildman–Crippen MR) is 512 cm³/mol. The van der Waals surface area contributed by atoms with Crippen LogP contribution in [0.2, 0.25) is 0 Å². The zero-order chi connectivity index (χ0) is 104. The summed E-state index contributed by atoms with van der Waals surface area (Å²) < 4.78 is 202. The van der Waals surface area contributed by atoms with Gasteiger partial charge in [0.2, 0.25) is 34.0 Å². The molecule has 134 heavy (non-hydrogen) atoms. The van der Waals surface area contributed by atoms with Gasteiger partial charge in [0.1, 0.15) is 53.1 Å². The molecule has 2 amide bonds. The molecule has 48 heteroatoms. The zero-order valence-electron chi connectivity index (χ0n) is 78.3. The highest BCUT2D eigenvalue weighted by atomic mass is 35.5. The highest BCUT2D eigenvalue weighted by Crippen LogP contribution is 2.60. The van der Waals surface area contributed by atoms with Gasteiger partial charge in [-0.3, -0.25) is 43.4 Å². The fourth-order valence-corrected chi connectivity index (χ4v) is 20.9. The second-order valence-electron chi connectivity index (χ2n) is 31.9. The van der Waals surface area contributed by atoms with Crippen LogP contribution in [0.1, 0.15) is 169 Å². The molecule has 0 bridgehead atoms. The number of nitrogens with two attached hydrogens (primary N) is 1. The van der Waals surface area contributed by atoms with Crippen LogP contribution in [0.15, 0.2) is 220 Å². The number of alkyl carbamates (subject to hydrolysis) is 2. The number of hydrogen-bond donors (Lipinski definition) is 7. The molecule has 0 aliphatic carbocycles. The zero-order valence-corrected chi connectivity index (χ0v) is 88.0. The van der Waals surface area contributed by atoms with Crippen LogP contribution >= 0.6 is 73.4 Å². The number of sulfone groups is 3. The average molecular weight is 2120 g/mol. The summed E-state index contributed by atoms with van der Waals surface area (Å²) in [5, 5.41) is 24.2. The molecule has 0 fully saturated rings. The fraction of sp³-hybridized carbons (Fsp3) is 0.453. The van der Waals surface area contributed by atoms with Crippen molar-refractivity contribution < 1.29 is 151 Å². The molecule has 756 valence electrons. The van der Waals surface area contributed by atoms with Gasteiger partial charge in [-0.2, -0.15) is 8.42 Å². The van der Waals surface area contributed by atoms with Crippen LogP contribution in [0.3, 0.4) is 0 Å². The first-order valence-corrected chi connectivity index (χ1v) is 53.1. The standard InChI is InChI=1S/C20H28ClNO6S.C15H20ClNO4S.C13H23NO5.C11H16ClO5PS.C11H16ClO3PS.2C7H8O3S.C2H4O2.H2O2/c1-19(2,3)27-17(23)13-14(22-18(24)28-20(4,5)6)12-16(21)29(25,26)15-10-8-7-9-11-15;1-15(2,3)21-14(18)10-11(17)9-13(16)22(19,20)12-7-5-4-6-8-12;1-12(2,3)18-10(16)7-9(8-15)14-11(17)19-13(4,5)6;1-3-16-18(13,17-4-2)11(12)19(14,15)10-8-6-5-7-9-10;1-3-14-16(13,15-4-2)11(12)17-10-8-6-5-7-9-10;2*1-6-2-4-7(5-3-6)11(8,9)10;1-2(3)4;1-2/h7-12,14H,13H2,1-6H3,(H,22,24);4-9,11H,10,17H2,1-3H3;8-9H,7H2,1-6H3,(H,14,17);5-9,11H,3-4H2,1-2H3;5-9,11H,3-4H2,1-2H3;2*2-5H,1H3,(H,8,9,10);1H3,(H,3,4);1-2H/p-1/b16-12+;13-9+;;;;;;;/t14-;11-;9-;;;;;;/m110....../s1. The number of carbonyl (C=O) groups excluding carboxylic acids is 6. The minimum atomic E-state index is -4.27. The summed E-state index contributed by atoms with van der Waals surface area (Å²) >= 11 is 25.2. The summed E-state index contributed by atoms with van der Waals surface area (Å²) in [6.45, 7) is 37.8. The van der Waals surface area contributed by atoms with Gasteiger partial charge >= 0.3 is 45.3 Å². The lowest BCUT2D eigenvalue weighted by atomic mass is 10.1. The third kappa shape index (κ3) is 58.7. The minimum Gasteiger partial charge on any atom is -0.744 e. The Morgan fingerprint density at radius 3 is 1.04 bits per heavy atom. The molecule has 0 heterocycles. The molecular formula is C86H124Cl4N3O33P2S6-. The smallest absolute Gasteiger partial charge is 0.408 e. The summed E-state index contributed by atoms with van der Waals surface area (Å²) in [5.74, 6) is -2.53. The minimum absolute atomic E-state index is 0.00506. The maximum atomic E-state index is 12.6. The predicted octanol–water partition coefficient (Wildman–Crippen LogP) is 18.6. The van der Waals surface area contributed by atoms with Crippen molar-refractivity contribution in [1.29, 1.82) is 0 Å². The number of carboxylic acids is 1. The van der Waals surface area contributed by atoms with Crippen LogP contribution in [-0.2, 0) is 125 Å². The summed E-state index contributed by atoms with van der Waals surface area (Å²) in [4.78, 5) is 79.5. The maximum absolute atomic E-state index is 12.6. The van der Waals surface area contributed by atoms with Gasteiger partial charge in [-0.05, 0) is 230 Å². The molecule has 2 unspecified atom stereocenters. The van der Waals surface area contributed by atoms with Crippen LogP contribution in [-0.4, -0.2) is 191 Å². The summed E-state index contributed by atoms with van der Waals surface area (Å²) in [5.41, 5.74) is 4.20. The lowest BCUT2D eigenvalue weighted by Crippen LogP contribution is -2.41. The van der Waals surface area contributed by atoms with Crippen molar-refractivity contribution in [2.75, 3.05) is 26.4 Å². The van der Waals surface area contributed by atoms with Crippen molar-refractivity contribution in [2.45, 2.75) is 256 Å². The van der Waals surface area contributed by atoms with E-state index in [1.54, 1.807) is 210 Å². The van der Waals surface area contributed by atoms with Crippen LogP contribution in [0, 0.1) is 13.8 Å². The van der Waals surface area contributed by atoms with E-state index in [-0.39, 0.29) is 57.0 Å². The van der Waals surface area contributed by atoms with Crippen molar-refractivity contribution in [3.05, 3.63) is 202 Å². The Morgan fingerprint density at radius 2 is 0.731 bits per heavy atom. The van der Waals surface area contributed by atoms with E-state index in [1.165, 1.54) is 72.4 Å². The lowest BCUT2D eigenvalue weighted by Gasteiger charge is -2.24. The van der Waals surface area contributed by atoms with E-state index < -0.39 is 165 Å². The highest BCUT2D eigenvalue weighted by molar-refractivity contribution is 8.07.